The zero-order chi connectivity index (χ0) is 14.3. The Morgan fingerprint density at radius 2 is 2.16 bits per heavy atom. The van der Waals surface area contributed by atoms with Gasteiger partial charge in [-0.2, -0.15) is 0 Å². The number of ether oxygens (including phenoxy) is 2. The quantitative estimate of drug-likeness (QED) is 0.705. The molecule has 106 valence electrons. The van der Waals surface area contributed by atoms with Crippen molar-refractivity contribution in [1.82, 2.24) is 9.88 Å². The largest absolute Gasteiger partial charge is 0.481 e. The first kappa shape index (κ1) is 15.4. The third kappa shape index (κ3) is 5.26. The molecule has 0 aliphatic carbocycles. The van der Waals surface area contributed by atoms with E-state index in [2.05, 4.69) is 4.98 Å². The average Bonchev–Trinajstić information content (AvgIpc) is 2.38. The molecule has 5 nitrogen and oxygen atoms in total. The molecule has 0 atom stereocenters. The van der Waals surface area contributed by atoms with Gasteiger partial charge in [0, 0.05) is 18.7 Å². The molecule has 0 N–H and O–H groups in total. The molecule has 1 rings (SSSR count). The molecule has 5 heteroatoms. The van der Waals surface area contributed by atoms with Crippen molar-refractivity contribution in [3.05, 3.63) is 23.9 Å². The number of hydrogen-bond donors (Lipinski definition) is 0. The molecular weight excluding hydrogens is 244 g/mol. The highest BCUT2D eigenvalue weighted by atomic mass is 16.5. The van der Waals surface area contributed by atoms with Crippen LogP contribution in [0.2, 0.25) is 0 Å². The number of nitrogens with zero attached hydrogens (tertiary/aromatic N) is 2. The minimum atomic E-state index is -0.209. The van der Waals surface area contributed by atoms with E-state index in [9.17, 15) is 4.79 Å². The summed E-state index contributed by atoms with van der Waals surface area (Å²) < 4.78 is 10.1. The summed E-state index contributed by atoms with van der Waals surface area (Å²) in [6, 6.07) is 5.85. The van der Waals surface area contributed by atoms with E-state index in [0.717, 1.165) is 5.69 Å². The van der Waals surface area contributed by atoms with Gasteiger partial charge in [-0.25, -0.2) is 4.98 Å². The minimum Gasteiger partial charge on any atom is -0.481 e. The molecule has 0 aliphatic heterocycles. The lowest BCUT2D eigenvalue weighted by atomic mass is 10.2. The SMILES string of the molecule is CCOC(=O)CN(Cc1cccc(OC)n1)C(C)C. The molecule has 0 radical (unpaired) electrons. The lowest BCUT2D eigenvalue weighted by Crippen LogP contribution is -2.36. The van der Waals surface area contributed by atoms with Crippen LogP contribution in [-0.2, 0) is 16.1 Å². The van der Waals surface area contributed by atoms with E-state index < -0.39 is 0 Å². The Balaban J connectivity index is 2.69. The van der Waals surface area contributed by atoms with Crippen LogP contribution in [0.15, 0.2) is 18.2 Å². The van der Waals surface area contributed by atoms with Gasteiger partial charge in [0.25, 0.3) is 0 Å². The summed E-state index contributed by atoms with van der Waals surface area (Å²) in [5, 5.41) is 0. The second-order valence-corrected chi connectivity index (χ2v) is 4.48. The van der Waals surface area contributed by atoms with Crippen molar-refractivity contribution in [2.24, 2.45) is 0 Å². The summed E-state index contributed by atoms with van der Waals surface area (Å²) in [6.07, 6.45) is 0. The van der Waals surface area contributed by atoms with Crippen LogP contribution in [0, 0.1) is 0 Å². The van der Waals surface area contributed by atoms with Crippen molar-refractivity contribution in [3.63, 3.8) is 0 Å². The molecule has 1 aromatic heterocycles. The molecule has 1 aromatic rings. The molecule has 0 fully saturated rings. The lowest BCUT2D eigenvalue weighted by molar-refractivity contribution is -0.145. The van der Waals surface area contributed by atoms with Crippen LogP contribution in [-0.4, -0.2) is 42.2 Å². The summed E-state index contributed by atoms with van der Waals surface area (Å²) >= 11 is 0. The predicted octanol–water partition coefficient (Wildman–Crippen LogP) is 1.86. The highest BCUT2D eigenvalue weighted by Crippen LogP contribution is 2.11. The van der Waals surface area contributed by atoms with E-state index in [1.165, 1.54) is 0 Å². The summed E-state index contributed by atoms with van der Waals surface area (Å²) in [5.74, 6) is 0.372. The molecule has 19 heavy (non-hydrogen) atoms. The smallest absolute Gasteiger partial charge is 0.320 e. The molecule has 0 saturated carbocycles. The summed E-state index contributed by atoms with van der Waals surface area (Å²) in [4.78, 5) is 17.9. The molecular formula is C14H22N2O3. The third-order valence-electron chi connectivity index (χ3n) is 2.72. The predicted molar refractivity (Wildman–Crippen MR) is 73.0 cm³/mol. The van der Waals surface area contributed by atoms with Crippen molar-refractivity contribution in [2.75, 3.05) is 20.3 Å². The van der Waals surface area contributed by atoms with Gasteiger partial charge in [-0.15, -0.1) is 0 Å². The Morgan fingerprint density at radius 1 is 1.42 bits per heavy atom. The normalized spacial score (nSPS) is 10.8. The van der Waals surface area contributed by atoms with Gasteiger partial charge in [0.15, 0.2) is 0 Å². The van der Waals surface area contributed by atoms with Crippen molar-refractivity contribution in [2.45, 2.75) is 33.4 Å². The summed E-state index contributed by atoms with van der Waals surface area (Å²) in [5.41, 5.74) is 0.873. The van der Waals surface area contributed by atoms with Gasteiger partial charge in [-0.1, -0.05) is 6.07 Å². The number of aromatic nitrogens is 1. The zero-order valence-corrected chi connectivity index (χ0v) is 12.0. The number of carbonyl (C=O) groups is 1. The van der Waals surface area contributed by atoms with E-state index in [0.29, 0.717) is 19.0 Å². The van der Waals surface area contributed by atoms with Gasteiger partial charge in [-0.3, -0.25) is 9.69 Å². The van der Waals surface area contributed by atoms with Gasteiger partial charge in [0.05, 0.1) is 26.0 Å². The fourth-order valence-electron chi connectivity index (χ4n) is 1.66. The van der Waals surface area contributed by atoms with Crippen LogP contribution in [0.5, 0.6) is 5.88 Å². The maximum atomic E-state index is 11.6. The number of esters is 1. The monoisotopic (exact) mass is 266 g/mol. The Kier molecular flexibility index (Phi) is 6.29. The second kappa shape index (κ2) is 7.74. The molecule has 0 spiro atoms. The average molecular weight is 266 g/mol. The maximum absolute atomic E-state index is 11.6. The zero-order valence-electron chi connectivity index (χ0n) is 12.0. The molecule has 0 amide bonds. The van der Waals surface area contributed by atoms with E-state index >= 15 is 0 Å². The number of hydrogen-bond acceptors (Lipinski definition) is 5. The van der Waals surface area contributed by atoms with Gasteiger partial charge < -0.3 is 9.47 Å². The highest BCUT2D eigenvalue weighted by Gasteiger charge is 2.16. The first-order valence-corrected chi connectivity index (χ1v) is 6.46. The fourth-order valence-corrected chi connectivity index (χ4v) is 1.66. The van der Waals surface area contributed by atoms with E-state index in [1.54, 1.807) is 20.1 Å². The van der Waals surface area contributed by atoms with Crippen LogP contribution >= 0.6 is 0 Å². The summed E-state index contributed by atoms with van der Waals surface area (Å²) in [6.45, 7) is 7.15. The van der Waals surface area contributed by atoms with Gasteiger partial charge >= 0.3 is 5.97 Å². The molecule has 1 heterocycles. The minimum absolute atomic E-state index is 0.209. The maximum Gasteiger partial charge on any atom is 0.320 e. The first-order valence-electron chi connectivity index (χ1n) is 6.46. The lowest BCUT2D eigenvalue weighted by Gasteiger charge is -2.24. The number of rotatable bonds is 7. The van der Waals surface area contributed by atoms with Crippen LogP contribution < -0.4 is 4.74 Å². The Morgan fingerprint density at radius 3 is 2.74 bits per heavy atom. The van der Waals surface area contributed by atoms with E-state index in [-0.39, 0.29) is 18.6 Å². The topological polar surface area (TPSA) is 51.7 Å². The van der Waals surface area contributed by atoms with Crippen LogP contribution in [0.1, 0.15) is 26.5 Å². The van der Waals surface area contributed by atoms with Crippen molar-refractivity contribution in [3.8, 4) is 5.88 Å². The molecule has 0 aliphatic rings. The Bertz CT molecular complexity index is 407. The second-order valence-electron chi connectivity index (χ2n) is 4.48. The molecule has 0 unspecified atom stereocenters. The van der Waals surface area contributed by atoms with E-state index in [1.807, 2.05) is 30.9 Å². The van der Waals surface area contributed by atoms with Gasteiger partial charge in [-0.05, 0) is 26.8 Å². The van der Waals surface area contributed by atoms with Crippen LogP contribution in [0.4, 0.5) is 0 Å². The van der Waals surface area contributed by atoms with Gasteiger partial charge in [0.1, 0.15) is 0 Å². The van der Waals surface area contributed by atoms with Gasteiger partial charge in [0.2, 0.25) is 5.88 Å². The van der Waals surface area contributed by atoms with Crippen molar-refractivity contribution >= 4 is 5.97 Å². The molecule has 0 bridgehead atoms. The van der Waals surface area contributed by atoms with Crippen LogP contribution in [0.3, 0.4) is 0 Å². The fraction of sp³-hybridized carbons (Fsp3) is 0.571. The van der Waals surface area contributed by atoms with Crippen LogP contribution in [0.25, 0.3) is 0 Å². The standard InChI is InChI=1S/C14H22N2O3/c1-5-19-14(17)10-16(11(2)3)9-12-7-6-8-13(15-12)18-4/h6-8,11H,5,9-10H2,1-4H3. The number of methoxy groups -OCH3 is 1. The summed E-state index contributed by atoms with van der Waals surface area (Å²) in [7, 11) is 1.59. The Hall–Kier alpha value is -1.62. The molecule has 0 aromatic carbocycles. The van der Waals surface area contributed by atoms with Crippen molar-refractivity contribution in [1.29, 1.82) is 0 Å². The molecule has 0 saturated heterocycles. The first-order chi connectivity index (χ1) is 9.06. The Labute approximate surface area is 114 Å². The highest BCUT2D eigenvalue weighted by molar-refractivity contribution is 5.71. The third-order valence-corrected chi connectivity index (χ3v) is 2.72. The number of carbonyl (C=O) groups excluding carboxylic acids is 1. The number of pyridine rings is 1. The van der Waals surface area contributed by atoms with E-state index in [4.69, 9.17) is 9.47 Å². The van der Waals surface area contributed by atoms with Crippen molar-refractivity contribution < 1.29 is 14.3 Å².